The van der Waals surface area contributed by atoms with Gasteiger partial charge in [0.2, 0.25) is 5.91 Å². The summed E-state index contributed by atoms with van der Waals surface area (Å²) in [5.41, 5.74) is 1.17. The number of fused-ring (bicyclic) bond motifs is 5. The fourth-order valence-corrected chi connectivity index (χ4v) is 9.81. The zero-order chi connectivity index (χ0) is 24.6. The van der Waals surface area contributed by atoms with Gasteiger partial charge in [0.25, 0.3) is 0 Å². The molecule has 35 heavy (non-hydrogen) atoms. The van der Waals surface area contributed by atoms with Crippen LogP contribution in [0.1, 0.15) is 111 Å². The van der Waals surface area contributed by atoms with Crippen LogP contribution in [0.4, 0.5) is 0 Å². The Balaban J connectivity index is 0.00000342. The Kier molecular flexibility index (Phi) is 10.1. The predicted molar refractivity (Wildman–Crippen MR) is 143 cm³/mol. The monoisotopic (exact) mass is 600 g/mol. The summed E-state index contributed by atoms with van der Waals surface area (Å²) in [5.74, 6) is 5.74. The number of hydrogen-bond donors (Lipinski definition) is 1. The number of halogens is 1. The van der Waals surface area contributed by atoms with E-state index in [0.29, 0.717) is 16.7 Å². The first-order valence-corrected chi connectivity index (χ1v) is 15.2. The molecule has 4 saturated carbocycles. The van der Waals surface area contributed by atoms with Crippen LogP contribution in [0, 0.1) is 46.3 Å². The quantitative estimate of drug-likeness (QED) is 0.242. The van der Waals surface area contributed by atoms with Gasteiger partial charge in [-0.2, -0.15) is 0 Å². The number of carbonyl (C=O) groups is 1. The van der Waals surface area contributed by atoms with Gasteiger partial charge in [0.1, 0.15) is 0 Å². The van der Waals surface area contributed by atoms with Crippen molar-refractivity contribution < 1.29 is 33.3 Å². The molecule has 0 aliphatic heterocycles. The minimum Gasteiger partial charge on any atom is -1.00 e. The summed E-state index contributed by atoms with van der Waals surface area (Å²) in [4.78, 5) is 12.6. The van der Waals surface area contributed by atoms with Crippen molar-refractivity contribution >= 4 is 5.91 Å². The fourth-order valence-electron chi connectivity index (χ4n) is 9.81. The number of hydrogen-bond acceptors (Lipinski definition) is 1. The molecule has 0 radical (unpaired) electrons. The number of nitrogens with one attached hydrogen (secondary N) is 1. The molecule has 4 heteroatoms. The molecule has 0 aromatic carbocycles. The van der Waals surface area contributed by atoms with Gasteiger partial charge < -0.3 is 33.8 Å². The van der Waals surface area contributed by atoms with Crippen molar-refractivity contribution in [2.75, 3.05) is 33.7 Å². The summed E-state index contributed by atoms with van der Waals surface area (Å²) >= 11 is 0. The Bertz CT molecular complexity index is 710. The molecule has 0 aromatic heterocycles. The Labute approximate surface area is 234 Å². The SMILES string of the molecule is CC[N+](C)(C)CCCNC(=O)CC[C@@H](C)[C@H]1CC[C@H]2[C@@H]3CCC4CCCC[C@]4(C)[C@H]3CC[C@]12C.[I-]. The first kappa shape index (κ1) is 29.7. The van der Waals surface area contributed by atoms with E-state index in [1.807, 2.05) is 0 Å². The van der Waals surface area contributed by atoms with Crippen LogP contribution < -0.4 is 29.3 Å². The van der Waals surface area contributed by atoms with Crippen LogP contribution in [-0.4, -0.2) is 44.1 Å². The third kappa shape index (κ3) is 6.09. The highest BCUT2D eigenvalue weighted by molar-refractivity contribution is 5.75. The van der Waals surface area contributed by atoms with Gasteiger partial charge >= 0.3 is 0 Å². The summed E-state index contributed by atoms with van der Waals surface area (Å²) in [6.07, 6.45) is 17.7. The van der Waals surface area contributed by atoms with Crippen LogP contribution >= 0.6 is 0 Å². The van der Waals surface area contributed by atoms with Crippen molar-refractivity contribution in [2.24, 2.45) is 46.3 Å². The van der Waals surface area contributed by atoms with Gasteiger partial charge in [0.15, 0.2) is 0 Å². The Morgan fingerprint density at radius 1 is 0.971 bits per heavy atom. The Morgan fingerprint density at radius 3 is 2.46 bits per heavy atom. The van der Waals surface area contributed by atoms with Crippen LogP contribution in [-0.2, 0) is 4.79 Å². The highest BCUT2D eigenvalue weighted by atomic mass is 127. The predicted octanol–water partition coefficient (Wildman–Crippen LogP) is 4.06. The molecule has 1 unspecified atom stereocenters. The molecule has 4 aliphatic rings. The lowest BCUT2D eigenvalue weighted by Crippen LogP contribution is -3.00. The fraction of sp³-hybridized carbons (Fsp3) is 0.968. The smallest absolute Gasteiger partial charge is 0.220 e. The zero-order valence-corrected chi connectivity index (χ0v) is 26.2. The van der Waals surface area contributed by atoms with Crippen LogP contribution in [0.25, 0.3) is 0 Å². The molecule has 1 amide bonds. The normalized spacial score (nSPS) is 39.5. The molecule has 4 fully saturated rings. The molecule has 0 heterocycles. The lowest BCUT2D eigenvalue weighted by atomic mass is 9.44. The minimum absolute atomic E-state index is 0. The summed E-state index contributed by atoms with van der Waals surface area (Å²) in [5, 5.41) is 3.21. The summed E-state index contributed by atoms with van der Waals surface area (Å²) < 4.78 is 1.04. The Morgan fingerprint density at radius 2 is 1.71 bits per heavy atom. The van der Waals surface area contributed by atoms with Crippen molar-refractivity contribution in [1.82, 2.24) is 5.32 Å². The molecule has 0 spiro atoms. The molecule has 4 rings (SSSR count). The summed E-state index contributed by atoms with van der Waals surface area (Å²) in [6, 6.07) is 0. The van der Waals surface area contributed by atoms with E-state index in [1.54, 1.807) is 0 Å². The van der Waals surface area contributed by atoms with Crippen LogP contribution in [0.2, 0.25) is 0 Å². The average molecular weight is 601 g/mol. The molecule has 0 aromatic rings. The molecule has 0 bridgehead atoms. The van der Waals surface area contributed by atoms with Gasteiger partial charge in [-0.15, -0.1) is 0 Å². The first-order valence-electron chi connectivity index (χ1n) is 15.2. The third-order valence-electron chi connectivity index (χ3n) is 12.3. The second kappa shape index (κ2) is 11.9. The first-order chi connectivity index (χ1) is 16.1. The number of quaternary nitrogens is 1. The van der Waals surface area contributed by atoms with Gasteiger partial charge in [-0.05, 0) is 111 Å². The Hall–Kier alpha value is 0.160. The minimum atomic E-state index is 0. The maximum atomic E-state index is 12.6. The number of nitrogens with zero attached hydrogens (tertiary/aromatic N) is 1. The molecule has 8 atom stereocenters. The lowest BCUT2D eigenvalue weighted by molar-refractivity contribution is -0.888. The van der Waals surface area contributed by atoms with Gasteiger partial charge in [-0.25, -0.2) is 0 Å². The van der Waals surface area contributed by atoms with Gasteiger partial charge in [-0.1, -0.05) is 33.6 Å². The van der Waals surface area contributed by atoms with Gasteiger partial charge in [0, 0.05) is 19.4 Å². The summed E-state index contributed by atoms with van der Waals surface area (Å²) in [7, 11) is 4.54. The molecule has 1 N–H and O–H groups in total. The van der Waals surface area contributed by atoms with Crippen molar-refractivity contribution in [3.05, 3.63) is 0 Å². The second-order valence-corrected chi connectivity index (χ2v) is 14.3. The van der Waals surface area contributed by atoms with Crippen LogP contribution in [0.3, 0.4) is 0 Å². The number of amides is 1. The molecule has 4 aliphatic carbocycles. The molecular weight excluding hydrogens is 543 g/mol. The van der Waals surface area contributed by atoms with Crippen LogP contribution in [0.5, 0.6) is 0 Å². The summed E-state index contributed by atoms with van der Waals surface area (Å²) in [6.45, 7) is 13.2. The highest BCUT2D eigenvalue weighted by Gasteiger charge is 2.60. The van der Waals surface area contributed by atoms with E-state index in [9.17, 15) is 4.79 Å². The van der Waals surface area contributed by atoms with E-state index in [0.717, 1.165) is 73.0 Å². The van der Waals surface area contributed by atoms with E-state index in [-0.39, 0.29) is 29.9 Å². The lowest BCUT2D eigenvalue weighted by Gasteiger charge is -2.61. The van der Waals surface area contributed by atoms with Gasteiger partial charge in [0.05, 0.1) is 27.2 Å². The zero-order valence-electron chi connectivity index (χ0n) is 24.0. The van der Waals surface area contributed by atoms with Crippen molar-refractivity contribution in [2.45, 2.75) is 111 Å². The third-order valence-corrected chi connectivity index (χ3v) is 12.3. The maximum absolute atomic E-state index is 12.6. The maximum Gasteiger partial charge on any atom is 0.220 e. The van der Waals surface area contributed by atoms with E-state index in [4.69, 9.17) is 0 Å². The number of carbonyl (C=O) groups excluding carboxylic acids is 1. The topological polar surface area (TPSA) is 29.1 Å². The van der Waals surface area contributed by atoms with E-state index in [2.05, 4.69) is 47.1 Å². The van der Waals surface area contributed by atoms with E-state index < -0.39 is 0 Å². The standard InChI is InChI=1S/C31H56N2O.HI/c1-7-33(5,6)22-10-21-32-29(34)17-12-23(2)26-15-16-27-25-14-13-24-11-8-9-19-30(24,3)28(25)18-20-31(26,27)4;/h23-28H,7-22H2,1-6H3;1H/t23-,24?,25+,26-,27+,28+,30+,31-;/m1./s1. The van der Waals surface area contributed by atoms with Crippen molar-refractivity contribution in [1.29, 1.82) is 0 Å². The number of rotatable bonds is 9. The van der Waals surface area contributed by atoms with Crippen LogP contribution in [0.15, 0.2) is 0 Å². The van der Waals surface area contributed by atoms with E-state index in [1.165, 1.54) is 64.2 Å². The largest absolute Gasteiger partial charge is 1.00 e. The van der Waals surface area contributed by atoms with Crippen molar-refractivity contribution in [3.63, 3.8) is 0 Å². The highest BCUT2D eigenvalue weighted by Crippen LogP contribution is 2.68. The molecule has 204 valence electrons. The van der Waals surface area contributed by atoms with E-state index >= 15 is 0 Å². The molecule has 3 nitrogen and oxygen atoms in total. The van der Waals surface area contributed by atoms with Gasteiger partial charge in [-0.3, -0.25) is 4.79 Å². The molecule has 0 saturated heterocycles. The second-order valence-electron chi connectivity index (χ2n) is 14.3. The molecular formula is C31H57IN2O. The van der Waals surface area contributed by atoms with Crippen molar-refractivity contribution in [3.8, 4) is 0 Å². The average Bonchev–Trinajstić information content (AvgIpc) is 3.17.